The van der Waals surface area contributed by atoms with Crippen LogP contribution in [0.4, 0.5) is 0 Å². The molecule has 1 saturated heterocycles. The third kappa shape index (κ3) is 7.70. The van der Waals surface area contributed by atoms with E-state index in [1.807, 2.05) is 18.8 Å². The van der Waals surface area contributed by atoms with Gasteiger partial charge in [-0.25, -0.2) is 0 Å². The lowest BCUT2D eigenvalue weighted by molar-refractivity contribution is 0.121. The summed E-state index contributed by atoms with van der Waals surface area (Å²) in [4.78, 5) is 6.82. The number of likely N-dealkylation sites (tertiary alicyclic amines) is 1. The Labute approximate surface area is 140 Å². The first kappa shape index (κ1) is 19.6. The minimum Gasteiger partial charge on any atom is -0.383 e. The number of methoxy groups -OCH3 is 1. The molecule has 0 unspecified atom stereocenters. The minimum absolute atomic E-state index is 0.226. The van der Waals surface area contributed by atoms with Crippen LogP contribution in [0.1, 0.15) is 26.7 Å². The zero-order valence-electron chi connectivity index (χ0n) is 14.9. The first-order valence-corrected chi connectivity index (χ1v) is 9.44. The second-order valence-electron chi connectivity index (χ2n) is 6.55. The Bertz CT molecular complexity index is 328. The Morgan fingerprint density at radius 2 is 2.00 bits per heavy atom. The van der Waals surface area contributed by atoms with Crippen LogP contribution in [0, 0.1) is 5.92 Å². The van der Waals surface area contributed by atoms with Crippen LogP contribution in [0.2, 0.25) is 0 Å². The maximum absolute atomic E-state index is 5.15. The van der Waals surface area contributed by atoms with Gasteiger partial charge in [-0.05, 0) is 52.0 Å². The van der Waals surface area contributed by atoms with E-state index in [4.69, 9.17) is 4.74 Å². The van der Waals surface area contributed by atoms with Crippen molar-refractivity contribution in [1.29, 1.82) is 0 Å². The summed E-state index contributed by atoms with van der Waals surface area (Å²) >= 11 is 1.87. The van der Waals surface area contributed by atoms with Gasteiger partial charge in [-0.2, -0.15) is 11.8 Å². The zero-order valence-corrected chi connectivity index (χ0v) is 15.8. The molecule has 6 heteroatoms. The van der Waals surface area contributed by atoms with Crippen molar-refractivity contribution in [3.8, 4) is 0 Å². The number of guanidine groups is 1. The SMILES string of the molecule is CN=C(NCC1CCN(CCOC)CC1)NCC(C)(C)SC. The molecule has 5 nitrogen and oxygen atoms in total. The van der Waals surface area contributed by atoms with E-state index in [-0.39, 0.29) is 4.75 Å². The van der Waals surface area contributed by atoms with Crippen molar-refractivity contribution in [2.24, 2.45) is 10.9 Å². The Morgan fingerprint density at radius 3 is 2.55 bits per heavy atom. The first-order chi connectivity index (χ1) is 10.5. The summed E-state index contributed by atoms with van der Waals surface area (Å²) in [6.45, 7) is 10.7. The second kappa shape index (κ2) is 10.3. The lowest BCUT2D eigenvalue weighted by atomic mass is 9.97. The van der Waals surface area contributed by atoms with Crippen molar-refractivity contribution in [3.05, 3.63) is 0 Å². The fraction of sp³-hybridized carbons (Fsp3) is 0.938. The van der Waals surface area contributed by atoms with Gasteiger partial charge in [-0.15, -0.1) is 0 Å². The molecule has 1 fully saturated rings. The molecule has 1 heterocycles. The molecule has 0 aromatic heterocycles. The van der Waals surface area contributed by atoms with Gasteiger partial charge < -0.3 is 20.3 Å². The number of piperidine rings is 1. The third-order valence-corrected chi connectivity index (χ3v) is 5.58. The average molecular weight is 331 g/mol. The third-order valence-electron chi connectivity index (χ3n) is 4.33. The highest BCUT2D eigenvalue weighted by atomic mass is 32.2. The summed E-state index contributed by atoms with van der Waals surface area (Å²) in [5.74, 6) is 1.66. The highest BCUT2D eigenvalue weighted by Crippen LogP contribution is 2.19. The van der Waals surface area contributed by atoms with Crippen molar-refractivity contribution >= 4 is 17.7 Å². The number of ether oxygens (including phenoxy) is 1. The quantitative estimate of drug-likeness (QED) is 0.523. The summed E-state index contributed by atoms with van der Waals surface area (Å²) < 4.78 is 5.38. The van der Waals surface area contributed by atoms with Gasteiger partial charge in [-0.3, -0.25) is 4.99 Å². The number of thioether (sulfide) groups is 1. The Balaban J connectivity index is 2.22. The number of hydrogen-bond donors (Lipinski definition) is 2. The van der Waals surface area contributed by atoms with Crippen molar-refractivity contribution in [3.63, 3.8) is 0 Å². The highest BCUT2D eigenvalue weighted by Gasteiger charge is 2.20. The van der Waals surface area contributed by atoms with Crippen LogP contribution in [0.15, 0.2) is 4.99 Å². The molecule has 0 bridgehead atoms. The van der Waals surface area contributed by atoms with Gasteiger partial charge in [0.2, 0.25) is 0 Å². The first-order valence-electron chi connectivity index (χ1n) is 8.21. The van der Waals surface area contributed by atoms with Crippen LogP contribution < -0.4 is 10.6 Å². The maximum Gasteiger partial charge on any atom is 0.191 e. The molecule has 0 radical (unpaired) electrons. The molecular formula is C16H34N4OS. The molecule has 1 rings (SSSR count). The average Bonchev–Trinajstić information content (AvgIpc) is 2.54. The lowest BCUT2D eigenvalue weighted by Crippen LogP contribution is -2.46. The normalized spacial score (nSPS) is 18.5. The van der Waals surface area contributed by atoms with Crippen LogP contribution in [-0.2, 0) is 4.74 Å². The molecule has 1 aliphatic heterocycles. The number of nitrogens with zero attached hydrogens (tertiary/aromatic N) is 2. The summed E-state index contributed by atoms with van der Waals surface area (Å²) in [7, 11) is 3.61. The van der Waals surface area contributed by atoms with Crippen molar-refractivity contribution in [1.82, 2.24) is 15.5 Å². The van der Waals surface area contributed by atoms with Crippen LogP contribution >= 0.6 is 11.8 Å². The van der Waals surface area contributed by atoms with E-state index >= 15 is 0 Å². The number of nitrogens with one attached hydrogen (secondary N) is 2. The Hall–Kier alpha value is -0.460. The van der Waals surface area contributed by atoms with Crippen LogP contribution in [0.25, 0.3) is 0 Å². The standard InChI is InChI=1S/C16H34N4OS/c1-16(2,22-5)13-19-15(17-3)18-12-14-6-8-20(9-7-14)10-11-21-4/h14H,6-13H2,1-5H3,(H2,17,18,19). The van der Waals surface area contributed by atoms with Crippen molar-refractivity contribution < 1.29 is 4.74 Å². The molecule has 0 aliphatic carbocycles. The maximum atomic E-state index is 5.15. The number of aliphatic imine (C=N–C) groups is 1. The van der Waals surface area contributed by atoms with E-state index in [0.717, 1.165) is 38.1 Å². The van der Waals surface area contributed by atoms with Gasteiger partial charge in [-0.1, -0.05) is 0 Å². The van der Waals surface area contributed by atoms with E-state index in [1.165, 1.54) is 25.9 Å². The summed E-state index contributed by atoms with van der Waals surface area (Å²) in [6, 6.07) is 0. The fourth-order valence-electron chi connectivity index (χ4n) is 2.46. The van der Waals surface area contributed by atoms with Gasteiger partial charge in [0.1, 0.15) is 0 Å². The van der Waals surface area contributed by atoms with Gasteiger partial charge >= 0.3 is 0 Å². The predicted molar refractivity (Wildman–Crippen MR) is 98.0 cm³/mol. The summed E-state index contributed by atoms with van der Waals surface area (Å²) in [6.07, 6.45) is 4.66. The Morgan fingerprint density at radius 1 is 1.32 bits per heavy atom. The van der Waals surface area contributed by atoms with Gasteiger partial charge in [0, 0.05) is 38.5 Å². The van der Waals surface area contributed by atoms with E-state index in [0.29, 0.717) is 0 Å². The molecule has 0 aromatic carbocycles. The van der Waals surface area contributed by atoms with Crippen molar-refractivity contribution in [2.45, 2.75) is 31.4 Å². The smallest absolute Gasteiger partial charge is 0.191 e. The van der Waals surface area contributed by atoms with E-state index in [2.05, 4.69) is 40.6 Å². The molecule has 1 aliphatic rings. The molecule has 0 spiro atoms. The zero-order chi connectivity index (χ0) is 16.4. The molecule has 0 amide bonds. The van der Waals surface area contributed by atoms with Crippen LogP contribution in [-0.4, -0.2) is 75.4 Å². The van der Waals surface area contributed by atoms with Crippen LogP contribution in [0.3, 0.4) is 0 Å². The molecular weight excluding hydrogens is 296 g/mol. The number of hydrogen-bond acceptors (Lipinski definition) is 4. The summed E-state index contributed by atoms with van der Waals surface area (Å²) in [5, 5.41) is 6.91. The molecule has 0 atom stereocenters. The van der Waals surface area contributed by atoms with Gasteiger partial charge in [0.15, 0.2) is 5.96 Å². The molecule has 130 valence electrons. The molecule has 0 aromatic rings. The second-order valence-corrected chi connectivity index (χ2v) is 8.06. The Kier molecular flexibility index (Phi) is 9.21. The predicted octanol–water partition coefficient (Wildman–Crippen LogP) is 1.65. The van der Waals surface area contributed by atoms with Gasteiger partial charge in [0.25, 0.3) is 0 Å². The minimum atomic E-state index is 0.226. The largest absolute Gasteiger partial charge is 0.383 e. The molecule has 2 N–H and O–H groups in total. The van der Waals surface area contributed by atoms with E-state index in [1.54, 1.807) is 7.11 Å². The lowest BCUT2D eigenvalue weighted by Gasteiger charge is -2.32. The fourth-order valence-corrected chi connectivity index (χ4v) is 2.68. The topological polar surface area (TPSA) is 48.9 Å². The van der Waals surface area contributed by atoms with Gasteiger partial charge in [0.05, 0.1) is 6.61 Å². The molecule has 22 heavy (non-hydrogen) atoms. The van der Waals surface area contributed by atoms with Crippen LogP contribution in [0.5, 0.6) is 0 Å². The monoisotopic (exact) mass is 330 g/mol. The highest BCUT2D eigenvalue weighted by molar-refractivity contribution is 7.99. The van der Waals surface area contributed by atoms with E-state index in [9.17, 15) is 0 Å². The van der Waals surface area contributed by atoms with E-state index < -0.39 is 0 Å². The molecule has 0 saturated carbocycles. The number of rotatable bonds is 8. The van der Waals surface area contributed by atoms with Crippen molar-refractivity contribution in [2.75, 3.05) is 59.7 Å². The summed E-state index contributed by atoms with van der Waals surface area (Å²) in [5.41, 5.74) is 0.